The zero-order valence-electron chi connectivity index (χ0n) is 16.8. The third-order valence-electron chi connectivity index (χ3n) is 3.94. The quantitative estimate of drug-likeness (QED) is 0.318. The van der Waals surface area contributed by atoms with E-state index in [1.807, 2.05) is 0 Å². The number of ketones is 2. The highest BCUT2D eigenvalue weighted by Crippen LogP contribution is 2.34. The van der Waals surface area contributed by atoms with Crippen LogP contribution in [0.15, 0.2) is 22.9 Å². The van der Waals surface area contributed by atoms with Gasteiger partial charge in [0.25, 0.3) is 0 Å². The summed E-state index contributed by atoms with van der Waals surface area (Å²) >= 11 is 3.23. The first-order valence-corrected chi connectivity index (χ1v) is 9.78. The number of pyridine rings is 1. The summed E-state index contributed by atoms with van der Waals surface area (Å²) in [5.74, 6) is -2.73. The van der Waals surface area contributed by atoms with Crippen LogP contribution in [0.3, 0.4) is 0 Å². The third-order valence-corrected chi connectivity index (χ3v) is 4.37. The maximum atomic E-state index is 13.3. The van der Waals surface area contributed by atoms with E-state index in [9.17, 15) is 19.2 Å². The van der Waals surface area contributed by atoms with E-state index in [4.69, 9.17) is 9.47 Å². The second-order valence-corrected chi connectivity index (χ2v) is 8.26. The molecule has 0 fully saturated rings. The van der Waals surface area contributed by atoms with Gasteiger partial charge in [-0.2, -0.15) is 0 Å². The lowest BCUT2D eigenvalue weighted by atomic mass is 9.73. The highest BCUT2D eigenvalue weighted by molar-refractivity contribution is 9.10. The Hall–Kier alpha value is -2.09. The minimum Gasteiger partial charge on any atom is -0.466 e. The molecule has 0 saturated carbocycles. The van der Waals surface area contributed by atoms with E-state index in [1.165, 1.54) is 25.4 Å². The van der Waals surface area contributed by atoms with Crippen molar-refractivity contribution in [2.45, 2.75) is 59.5 Å². The molecule has 7 nitrogen and oxygen atoms in total. The Balaban J connectivity index is 3.32. The van der Waals surface area contributed by atoms with Gasteiger partial charge in [-0.15, -0.1) is 0 Å². The Morgan fingerprint density at radius 1 is 1.14 bits per heavy atom. The molecule has 154 valence electrons. The van der Waals surface area contributed by atoms with Gasteiger partial charge in [-0.1, -0.05) is 0 Å². The molecule has 1 aromatic rings. The second-order valence-electron chi connectivity index (χ2n) is 7.34. The number of ether oxygens (including phenoxy) is 2. The van der Waals surface area contributed by atoms with Gasteiger partial charge < -0.3 is 9.47 Å². The minimum atomic E-state index is -2.05. The number of rotatable bonds is 9. The number of halogens is 1. The molecule has 0 N–H and O–H groups in total. The van der Waals surface area contributed by atoms with E-state index in [0.717, 1.165) is 0 Å². The van der Waals surface area contributed by atoms with Crippen LogP contribution in [-0.2, 0) is 23.9 Å². The lowest BCUT2D eigenvalue weighted by Gasteiger charge is -2.31. The number of hydrogen-bond acceptors (Lipinski definition) is 7. The molecule has 0 amide bonds. The van der Waals surface area contributed by atoms with Crippen molar-refractivity contribution in [1.82, 2.24) is 4.98 Å². The zero-order valence-corrected chi connectivity index (χ0v) is 18.4. The van der Waals surface area contributed by atoms with Crippen molar-refractivity contribution in [3.63, 3.8) is 0 Å². The first-order valence-electron chi connectivity index (χ1n) is 8.99. The highest BCUT2D eigenvalue weighted by atomic mass is 79.9. The maximum absolute atomic E-state index is 13.3. The molecule has 0 saturated heterocycles. The van der Waals surface area contributed by atoms with Crippen molar-refractivity contribution in [3.05, 3.63) is 28.5 Å². The number of esters is 2. The van der Waals surface area contributed by atoms with Crippen LogP contribution < -0.4 is 0 Å². The van der Waals surface area contributed by atoms with Gasteiger partial charge in [0.2, 0.25) is 0 Å². The SMILES string of the molecule is CCOC(=O)CCCC(C(C)=O)(C(=O)OC(C)(C)C)C(=O)c1cncc(Br)c1. The minimum absolute atomic E-state index is 0.0182. The molecule has 28 heavy (non-hydrogen) atoms. The van der Waals surface area contributed by atoms with Gasteiger partial charge in [0.15, 0.2) is 17.0 Å². The van der Waals surface area contributed by atoms with Crippen LogP contribution >= 0.6 is 15.9 Å². The molecule has 8 heteroatoms. The van der Waals surface area contributed by atoms with Gasteiger partial charge in [0.05, 0.1) is 6.61 Å². The lowest BCUT2D eigenvalue weighted by molar-refractivity contribution is -0.167. The van der Waals surface area contributed by atoms with Crippen LogP contribution in [0.25, 0.3) is 0 Å². The summed E-state index contributed by atoms with van der Waals surface area (Å²) in [6, 6.07) is 1.49. The van der Waals surface area contributed by atoms with Gasteiger partial charge in [0, 0.05) is 28.9 Å². The number of hydrogen-bond donors (Lipinski definition) is 0. The van der Waals surface area contributed by atoms with Crippen LogP contribution in [0.5, 0.6) is 0 Å². The smallest absolute Gasteiger partial charge is 0.328 e. The fraction of sp³-hybridized carbons (Fsp3) is 0.550. The van der Waals surface area contributed by atoms with Crippen molar-refractivity contribution in [2.75, 3.05) is 6.61 Å². The molecular weight excluding hydrogens is 430 g/mol. The van der Waals surface area contributed by atoms with E-state index in [0.29, 0.717) is 4.47 Å². The summed E-state index contributed by atoms with van der Waals surface area (Å²) < 4.78 is 10.8. The van der Waals surface area contributed by atoms with Crippen molar-refractivity contribution >= 4 is 39.4 Å². The monoisotopic (exact) mass is 455 g/mol. The van der Waals surface area contributed by atoms with Gasteiger partial charge >= 0.3 is 11.9 Å². The van der Waals surface area contributed by atoms with Crippen molar-refractivity contribution in [2.24, 2.45) is 5.41 Å². The van der Waals surface area contributed by atoms with Crippen LogP contribution in [0.1, 0.15) is 64.2 Å². The van der Waals surface area contributed by atoms with Gasteiger partial charge in [-0.05, 0) is 69.5 Å². The number of carbonyl (C=O) groups is 4. The van der Waals surface area contributed by atoms with Crippen LogP contribution in [0, 0.1) is 5.41 Å². The summed E-state index contributed by atoms with van der Waals surface area (Å²) in [4.78, 5) is 54.5. The molecule has 0 bridgehead atoms. The molecule has 1 unspecified atom stereocenters. The van der Waals surface area contributed by atoms with Crippen molar-refractivity contribution in [1.29, 1.82) is 0 Å². The topological polar surface area (TPSA) is 99.6 Å². The molecule has 0 aliphatic rings. The number of nitrogens with zero attached hydrogens (tertiary/aromatic N) is 1. The number of Topliss-reactive ketones (excluding diaryl/α,β-unsaturated/α-hetero) is 2. The third kappa shape index (κ3) is 6.22. The van der Waals surface area contributed by atoms with E-state index < -0.39 is 34.5 Å². The molecule has 1 heterocycles. The van der Waals surface area contributed by atoms with Gasteiger partial charge in [-0.3, -0.25) is 24.2 Å². The Morgan fingerprint density at radius 2 is 1.79 bits per heavy atom. The standard InChI is InChI=1S/C20H26BrNO6/c1-6-27-16(24)8-7-9-20(13(2)23,18(26)28-19(3,4)5)17(25)14-10-15(21)12-22-11-14/h10-12H,6-9H2,1-5H3. The van der Waals surface area contributed by atoms with Gasteiger partial charge in [0.1, 0.15) is 5.60 Å². The first-order chi connectivity index (χ1) is 12.9. The van der Waals surface area contributed by atoms with E-state index in [2.05, 4.69) is 20.9 Å². The van der Waals surface area contributed by atoms with Crippen molar-refractivity contribution < 1.29 is 28.7 Å². The fourth-order valence-corrected chi connectivity index (χ4v) is 3.03. The number of carbonyl (C=O) groups excluding carboxylic acids is 4. The van der Waals surface area contributed by atoms with E-state index in [1.54, 1.807) is 27.7 Å². The van der Waals surface area contributed by atoms with Gasteiger partial charge in [-0.25, -0.2) is 0 Å². The average Bonchev–Trinajstić information content (AvgIpc) is 2.56. The molecule has 0 aromatic carbocycles. The first kappa shape index (κ1) is 23.9. The summed E-state index contributed by atoms with van der Waals surface area (Å²) in [5.41, 5.74) is -2.84. The van der Waals surface area contributed by atoms with Crippen LogP contribution in [0.2, 0.25) is 0 Å². The molecule has 1 atom stereocenters. The molecule has 0 radical (unpaired) electrons. The predicted molar refractivity (Wildman–Crippen MR) is 106 cm³/mol. The highest BCUT2D eigenvalue weighted by Gasteiger charge is 2.52. The normalized spacial score (nSPS) is 13.4. The molecule has 1 rings (SSSR count). The molecular formula is C20H26BrNO6. The van der Waals surface area contributed by atoms with Crippen LogP contribution in [-0.4, -0.2) is 40.7 Å². The largest absolute Gasteiger partial charge is 0.466 e. The lowest BCUT2D eigenvalue weighted by Crippen LogP contribution is -2.48. The predicted octanol–water partition coefficient (Wildman–Crippen LogP) is 3.68. The summed E-state index contributed by atoms with van der Waals surface area (Å²) in [7, 11) is 0. The Kier molecular flexibility index (Phi) is 8.48. The van der Waals surface area contributed by atoms with Crippen molar-refractivity contribution in [3.8, 4) is 0 Å². The fourth-order valence-electron chi connectivity index (χ4n) is 2.67. The summed E-state index contributed by atoms with van der Waals surface area (Å²) in [6.45, 7) is 8.05. The average molecular weight is 456 g/mol. The van der Waals surface area contributed by atoms with Crippen LogP contribution in [0.4, 0.5) is 0 Å². The summed E-state index contributed by atoms with van der Waals surface area (Å²) in [6.07, 6.45) is 2.71. The Morgan fingerprint density at radius 3 is 2.29 bits per heavy atom. The maximum Gasteiger partial charge on any atom is 0.328 e. The molecule has 0 aliphatic heterocycles. The molecule has 0 aliphatic carbocycles. The number of aromatic nitrogens is 1. The molecule has 0 spiro atoms. The van der Waals surface area contributed by atoms with E-state index in [-0.39, 0.29) is 31.4 Å². The Bertz CT molecular complexity index is 755. The Labute approximate surface area is 173 Å². The summed E-state index contributed by atoms with van der Waals surface area (Å²) in [5, 5.41) is 0. The zero-order chi connectivity index (χ0) is 21.5. The van der Waals surface area contributed by atoms with E-state index >= 15 is 0 Å². The molecule has 1 aromatic heterocycles. The second kappa shape index (κ2) is 9.91.